The van der Waals surface area contributed by atoms with Crippen LogP contribution >= 0.6 is 0 Å². The summed E-state index contributed by atoms with van der Waals surface area (Å²) in [6.45, 7) is 3.64. The number of hydrogen-bond donors (Lipinski definition) is 0. The van der Waals surface area contributed by atoms with Crippen LogP contribution in [0.3, 0.4) is 0 Å². The molecule has 1 saturated carbocycles. The quantitative estimate of drug-likeness (QED) is 0.656. The molecule has 3 nitrogen and oxygen atoms in total. The predicted molar refractivity (Wildman–Crippen MR) is 56.1 cm³/mol. The molecule has 4 atom stereocenters. The average Bonchev–Trinajstić information content (AvgIpc) is 2.65. The van der Waals surface area contributed by atoms with Crippen molar-refractivity contribution in [2.75, 3.05) is 0 Å². The molecule has 0 spiro atoms. The van der Waals surface area contributed by atoms with Gasteiger partial charge in [-0.3, -0.25) is 4.79 Å². The first kappa shape index (κ1) is 10.5. The SMILES string of the molecule is CC[C@@H]1CCC2OC=C[C@@H]2C1OC(C)=O. The fraction of sp³-hybridized carbons (Fsp3) is 0.750. The number of carbonyl (C=O) groups is 1. The molecule has 1 fully saturated rings. The van der Waals surface area contributed by atoms with Crippen LogP contribution in [0, 0.1) is 11.8 Å². The fourth-order valence-corrected chi connectivity index (χ4v) is 2.69. The molecule has 0 bridgehead atoms. The van der Waals surface area contributed by atoms with E-state index >= 15 is 0 Å². The molecule has 0 radical (unpaired) electrons. The summed E-state index contributed by atoms with van der Waals surface area (Å²) in [7, 11) is 0. The van der Waals surface area contributed by atoms with E-state index < -0.39 is 0 Å². The Kier molecular flexibility index (Phi) is 2.98. The molecule has 0 aromatic carbocycles. The lowest BCUT2D eigenvalue weighted by Gasteiger charge is -2.37. The van der Waals surface area contributed by atoms with Crippen molar-refractivity contribution < 1.29 is 14.3 Å². The first-order valence-corrected chi connectivity index (χ1v) is 5.71. The second-order valence-electron chi connectivity index (χ2n) is 4.40. The summed E-state index contributed by atoms with van der Waals surface area (Å²) in [4.78, 5) is 11.1. The van der Waals surface area contributed by atoms with Gasteiger partial charge in [0.15, 0.2) is 0 Å². The van der Waals surface area contributed by atoms with E-state index in [1.54, 1.807) is 6.26 Å². The van der Waals surface area contributed by atoms with Gasteiger partial charge in [0.2, 0.25) is 0 Å². The van der Waals surface area contributed by atoms with Crippen molar-refractivity contribution in [3.8, 4) is 0 Å². The van der Waals surface area contributed by atoms with E-state index in [1.807, 2.05) is 6.08 Å². The molecule has 1 aliphatic heterocycles. The van der Waals surface area contributed by atoms with E-state index in [0.717, 1.165) is 19.3 Å². The summed E-state index contributed by atoms with van der Waals surface area (Å²) in [5.41, 5.74) is 0. The molecular weight excluding hydrogens is 192 g/mol. The zero-order chi connectivity index (χ0) is 10.8. The smallest absolute Gasteiger partial charge is 0.302 e. The van der Waals surface area contributed by atoms with Crippen LogP contribution in [0.4, 0.5) is 0 Å². The first-order valence-electron chi connectivity index (χ1n) is 5.71. The molecule has 2 unspecified atom stereocenters. The maximum atomic E-state index is 11.1. The van der Waals surface area contributed by atoms with E-state index in [1.165, 1.54) is 6.92 Å². The predicted octanol–water partition coefficient (Wildman–Crippen LogP) is 2.27. The second kappa shape index (κ2) is 4.25. The Hall–Kier alpha value is -0.990. The average molecular weight is 210 g/mol. The minimum atomic E-state index is -0.181. The van der Waals surface area contributed by atoms with Gasteiger partial charge >= 0.3 is 5.97 Å². The van der Waals surface area contributed by atoms with Gasteiger partial charge in [0, 0.05) is 6.92 Å². The number of carbonyl (C=O) groups excluding carboxylic acids is 1. The van der Waals surface area contributed by atoms with Crippen molar-refractivity contribution >= 4 is 5.97 Å². The lowest BCUT2D eigenvalue weighted by Crippen LogP contribution is -2.42. The van der Waals surface area contributed by atoms with Crippen molar-refractivity contribution in [1.82, 2.24) is 0 Å². The van der Waals surface area contributed by atoms with Gasteiger partial charge in [-0.15, -0.1) is 0 Å². The maximum absolute atomic E-state index is 11.1. The lowest BCUT2D eigenvalue weighted by molar-refractivity contribution is -0.156. The Morgan fingerprint density at radius 2 is 2.33 bits per heavy atom. The van der Waals surface area contributed by atoms with Crippen LogP contribution in [-0.2, 0) is 14.3 Å². The van der Waals surface area contributed by atoms with Crippen LogP contribution in [0.5, 0.6) is 0 Å². The van der Waals surface area contributed by atoms with E-state index in [4.69, 9.17) is 9.47 Å². The Labute approximate surface area is 90.4 Å². The molecule has 0 N–H and O–H groups in total. The third-order valence-corrected chi connectivity index (χ3v) is 3.48. The molecule has 0 saturated heterocycles. The van der Waals surface area contributed by atoms with Gasteiger partial charge in [-0.05, 0) is 31.3 Å². The molecule has 0 aromatic heterocycles. The van der Waals surface area contributed by atoms with Crippen LogP contribution in [0.25, 0.3) is 0 Å². The minimum absolute atomic E-state index is 0.0185. The van der Waals surface area contributed by atoms with Gasteiger partial charge in [-0.25, -0.2) is 0 Å². The van der Waals surface area contributed by atoms with Crippen molar-refractivity contribution in [2.24, 2.45) is 11.8 Å². The topological polar surface area (TPSA) is 35.5 Å². The Balaban J connectivity index is 2.10. The normalized spacial score (nSPS) is 38.3. The van der Waals surface area contributed by atoms with E-state index in [2.05, 4.69) is 6.92 Å². The Bertz CT molecular complexity index is 272. The maximum Gasteiger partial charge on any atom is 0.302 e. The van der Waals surface area contributed by atoms with E-state index in [9.17, 15) is 4.79 Å². The van der Waals surface area contributed by atoms with Gasteiger partial charge in [0.25, 0.3) is 0 Å². The first-order chi connectivity index (χ1) is 7.22. The molecule has 2 aliphatic rings. The third kappa shape index (κ3) is 2.01. The van der Waals surface area contributed by atoms with Gasteiger partial charge in [0.1, 0.15) is 12.2 Å². The lowest BCUT2D eigenvalue weighted by atomic mass is 9.76. The van der Waals surface area contributed by atoms with Crippen molar-refractivity contribution in [3.63, 3.8) is 0 Å². The third-order valence-electron chi connectivity index (χ3n) is 3.48. The molecule has 84 valence electrons. The Morgan fingerprint density at radius 3 is 3.00 bits per heavy atom. The van der Waals surface area contributed by atoms with Gasteiger partial charge in [-0.1, -0.05) is 6.92 Å². The molecule has 15 heavy (non-hydrogen) atoms. The highest BCUT2D eigenvalue weighted by atomic mass is 16.5. The van der Waals surface area contributed by atoms with Crippen LogP contribution < -0.4 is 0 Å². The summed E-state index contributed by atoms with van der Waals surface area (Å²) in [6, 6.07) is 0. The van der Waals surface area contributed by atoms with Gasteiger partial charge in [0.05, 0.1) is 12.2 Å². The fourth-order valence-electron chi connectivity index (χ4n) is 2.69. The van der Waals surface area contributed by atoms with Crippen molar-refractivity contribution in [2.45, 2.75) is 45.3 Å². The second-order valence-corrected chi connectivity index (χ2v) is 4.40. The molecular formula is C12H18O3. The van der Waals surface area contributed by atoms with Crippen LogP contribution in [0.1, 0.15) is 33.1 Å². The minimum Gasteiger partial charge on any atom is -0.498 e. The highest BCUT2D eigenvalue weighted by Gasteiger charge is 2.42. The monoisotopic (exact) mass is 210 g/mol. The molecule has 2 rings (SSSR count). The Morgan fingerprint density at radius 1 is 1.53 bits per heavy atom. The molecule has 0 aromatic rings. The van der Waals surface area contributed by atoms with Crippen molar-refractivity contribution in [1.29, 1.82) is 0 Å². The highest BCUT2D eigenvalue weighted by Crippen LogP contribution is 2.39. The number of fused-ring (bicyclic) bond motifs is 1. The van der Waals surface area contributed by atoms with E-state index in [-0.39, 0.29) is 24.1 Å². The summed E-state index contributed by atoms with van der Waals surface area (Å²) in [5, 5.41) is 0. The summed E-state index contributed by atoms with van der Waals surface area (Å²) < 4.78 is 10.9. The number of esters is 1. The molecule has 1 heterocycles. The number of rotatable bonds is 2. The summed E-state index contributed by atoms with van der Waals surface area (Å²) in [6.07, 6.45) is 7.28. The zero-order valence-electron chi connectivity index (χ0n) is 9.31. The van der Waals surface area contributed by atoms with Gasteiger partial charge < -0.3 is 9.47 Å². The van der Waals surface area contributed by atoms with Crippen molar-refractivity contribution in [3.05, 3.63) is 12.3 Å². The molecule has 3 heteroatoms. The standard InChI is InChI=1S/C12H18O3/c1-3-9-4-5-11-10(6-7-14-11)12(9)15-8(2)13/h6-7,9-12H,3-5H2,1-2H3/t9-,10+,11?,12?/m1/s1. The molecule has 0 amide bonds. The number of ether oxygens (including phenoxy) is 2. The van der Waals surface area contributed by atoms with Crippen LogP contribution in [0.15, 0.2) is 12.3 Å². The molecule has 1 aliphatic carbocycles. The summed E-state index contributed by atoms with van der Waals surface area (Å²) in [5.74, 6) is 0.577. The van der Waals surface area contributed by atoms with Crippen LogP contribution in [0.2, 0.25) is 0 Å². The van der Waals surface area contributed by atoms with Crippen LogP contribution in [-0.4, -0.2) is 18.2 Å². The zero-order valence-corrected chi connectivity index (χ0v) is 9.31. The van der Waals surface area contributed by atoms with E-state index in [0.29, 0.717) is 5.92 Å². The largest absolute Gasteiger partial charge is 0.498 e. The highest BCUT2D eigenvalue weighted by molar-refractivity contribution is 5.66. The number of hydrogen-bond acceptors (Lipinski definition) is 3. The summed E-state index contributed by atoms with van der Waals surface area (Å²) >= 11 is 0. The van der Waals surface area contributed by atoms with Gasteiger partial charge in [-0.2, -0.15) is 0 Å².